The Morgan fingerprint density at radius 1 is 1.64 bits per heavy atom. The summed E-state index contributed by atoms with van der Waals surface area (Å²) >= 11 is 7.40. The van der Waals surface area contributed by atoms with E-state index in [-0.39, 0.29) is 0 Å². The van der Waals surface area contributed by atoms with Crippen molar-refractivity contribution < 1.29 is 0 Å². The molecule has 0 atom stereocenters. The monoisotopic (exact) mass is 187 g/mol. The lowest BCUT2D eigenvalue weighted by Crippen LogP contribution is -1.94. The highest BCUT2D eigenvalue weighted by Crippen LogP contribution is 2.23. The van der Waals surface area contributed by atoms with Crippen LogP contribution >= 0.6 is 22.9 Å². The molecular formula is C8H10ClNS. The molecule has 0 saturated carbocycles. The first-order valence-corrected chi connectivity index (χ1v) is 4.70. The van der Waals surface area contributed by atoms with Gasteiger partial charge in [0.15, 0.2) is 0 Å². The van der Waals surface area contributed by atoms with Crippen LogP contribution in [0.25, 0.3) is 6.08 Å². The van der Waals surface area contributed by atoms with E-state index in [9.17, 15) is 0 Å². The second-order valence-electron chi connectivity index (χ2n) is 2.13. The van der Waals surface area contributed by atoms with Crippen LogP contribution in [0.5, 0.6) is 0 Å². The summed E-state index contributed by atoms with van der Waals surface area (Å²) in [4.78, 5) is 0. The van der Waals surface area contributed by atoms with E-state index in [4.69, 9.17) is 17.3 Å². The van der Waals surface area contributed by atoms with E-state index in [1.54, 1.807) is 11.3 Å². The lowest BCUT2D eigenvalue weighted by molar-refractivity contribution is 1.01. The lowest BCUT2D eigenvalue weighted by Gasteiger charge is -1.86. The maximum Gasteiger partial charge on any atom is 0.100 e. The fourth-order valence-electron chi connectivity index (χ4n) is 0.728. The fraction of sp³-hybridized carbons (Fsp3) is 0.250. The summed E-state index contributed by atoms with van der Waals surface area (Å²) in [5.41, 5.74) is 6.41. The van der Waals surface area contributed by atoms with E-state index >= 15 is 0 Å². The Morgan fingerprint density at radius 2 is 2.45 bits per heavy atom. The van der Waals surface area contributed by atoms with Gasteiger partial charge >= 0.3 is 0 Å². The largest absolute Gasteiger partial charge is 0.330 e. The molecule has 0 aliphatic rings. The van der Waals surface area contributed by atoms with Crippen LogP contribution in [0.1, 0.15) is 12.0 Å². The third kappa shape index (κ3) is 2.66. The van der Waals surface area contributed by atoms with Gasteiger partial charge in [0, 0.05) is 5.56 Å². The number of thiophene rings is 1. The molecule has 60 valence electrons. The molecule has 0 unspecified atom stereocenters. The molecule has 1 aromatic rings. The zero-order valence-corrected chi connectivity index (χ0v) is 7.66. The normalized spacial score (nSPS) is 11.1. The van der Waals surface area contributed by atoms with Gasteiger partial charge in [-0.15, -0.1) is 11.3 Å². The first kappa shape index (κ1) is 8.78. The van der Waals surface area contributed by atoms with Crippen molar-refractivity contribution in [3.05, 3.63) is 27.4 Å². The van der Waals surface area contributed by atoms with Crippen molar-refractivity contribution in [2.75, 3.05) is 6.54 Å². The second kappa shape index (κ2) is 4.54. The molecule has 1 heterocycles. The standard InChI is InChI=1S/C8H10ClNS/c9-8-7(4-6-11-8)3-1-2-5-10/h1,3-4,6H,2,5,10H2. The fourth-order valence-corrected chi connectivity index (χ4v) is 1.61. The van der Waals surface area contributed by atoms with Crippen LogP contribution in [0.15, 0.2) is 17.5 Å². The molecule has 0 aliphatic carbocycles. The van der Waals surface area contributed by atoms with Crippen LogP contribution in [0.2, 0.25) is 4.34 Å². The van der Waals surface area contributed by atoms with Crippen molar-refractivity contribution in [1.82, 2.24) is 0 Å². The third-order valence-electron chi connectivity index (χ3n) is 1.28. The van der Waals surface area contributed by atoms with Gasteiger partial charge in [0.25, 0.3) is 0 Å². The SMILES string of the molecule is NCCC=Cc1ccsc1Cl. The van der Waals surface area contributed by atoms with Gasteiger partial charge in [0.2, 0.25) is 0 Å². The predicted molar refractivity (Wildman–Crippen MR) is 52.0 cm³/mol. The minimum Gasteiger partial charge on any atom is -0.330 e. The van der Waals surface area contributed by atoms with Crippen LogP contribution in [-0.2, 0) is 0 Å². The van der Waals surface area contributed by atoms with Gasteiger partial charge in [-0.3, -0.25) is 0 Å². The lowest BCUT2D eigenvalue weighted by atomic mass is 10.3. The van der Waals surface area contributed by atoms with E-state index in [2.05, 4.69) is 0 Å². The molecule has 2 N–H and O–H groups in total. The van der Waals surface area contributed by atoms with Crippen molar-refractivity contribution in [2.24, 2.45) is 5.73 Å². The quantitative estimate of drug-likeness (QED) is 0.774. The Labute approximate surface area is 75.5 Å². The van der Waals surface area contributed by atoms with Gasteiger partial charge in [0.1, 0.15) is 4.34 Å². The first-order valence-electron chi connectivity index (χ1n) is 3.44. The molecule has 0 saturated heterocycles. The summed E-state index contributed by atoms with van der Waals surface area (Å²) in [5, 5.41) is 1.98. The van der Waals surface area contributed by atoms with E-state index < -0.39 is 0 Å². The Balaban J connectivity index is 2.56. The van der Waals surface area contributed by atoms with Crippen molar-refractivity contribution in [2.45, 2.75) is 6.42 Å². The number of halogens is 1. The van der Waals surface area contributed by atoms with Gasteiger partial charge in [0.05, 0.1) is 0 Å². The summed E-state index contributed by atoms with van der Waals surface area (Å²) in [7, 11) is 0. The molecule has 1 rings (SSSR count). The highest BCUT2D eigenvalue weighted by molar-refractivity contribution is 7.14. The highest BCUT2D eigenvalue weighted by Gasteiger charge is 1.94. The second-order valence-corrected chi connectivity index (χ2v) is 3.65. The van der Waals surface area contributed by atoms with Crippen LogP contribution < -0.4 is 5.73 Å². The molecule has 0 amide bonds. The van der Waals surface area contributed by atoms with E-state index in [1.165, 1.54) is 0 Å². The van der Waals surface area contributed by atoms with Gasteiger partial charge in [-0.2, -0.15) is 0 Å². The number of hydrogen-bond donors (Lipinski definition) is 1. The molecule has 11 heavy (non-hydrogen) atoms. The smallest absolute Gasteiger partial charge is 0.100 e. The topological polar surface area (TPSA) is 26.0 Å². The van der Waals surface area contributed by atoms with Gasteiger partial charge in [-0.25, -0.2) is 0 Å². The number of hydrogen-bond acceptors (Lipinski definition) is 2. The molecule has 1 nitrogen and oxygen atoms in total. The van der Waals surface area contributed by atoms with Crippen LogP contribution in [0, 0.1) is 0 Å². The Morgan fingerprint density at radius 3 is 3.00 bits per heavy atom. The summed E-state index contributed by atoms with van der Waals surface area (Å²) < 4.78 is 0.846. The van der Waals surface area contributed by atoms with Crippen LogP contribution in [0.4, 0.5) is 0 Å². The number of nitrogens with two attached hydrogens (primary N) is 1. The number of rotatable bonds is 3. The van der Waals surface area contributed by atoms with Crippen LogP contribution in [0.3, 0.4) is 0 Å². The zero-order chi connectivity index (χ0) is 8.10. The summed E-state index contributed by atoms with van der Waals surface area (Å²) in [6.07, 6.45) is 4.95. The average molecular weight is 188 g/mol. The molecular weight excluding hydrogens is 178 g/mol. The molecule has 0 bridgehead atoms. The predicted octanol–water partition coefficient (Wildman–Crippen LogP) is 2.76. The first-order chi connectivity index (χ1) is 5.34. The maximum absolute atomic E-state index is 5.85. The molecule has 3 heteroatoms. The molecule has 0 aromatic carbocycles. The Hall–Kier alpha value is -0.310. The maximum atomic E-state index is 5.85. The van der Waals surface area contributed by atoms with E-state index in [1.807, 2.05) is 23.6 Å². The van der Waals surface area contributed by atoms with Crippen molar-refractivity contribution in [1.29, 1.82) is 0 Å². The van der Waals surface area contributed by atoms with Crippen molar-refractivity contribution in [3.8, 4) is 0 Å². The third-order valence-corrected chi connectivity index (χ3v) is 2.48. The molecule has 1 aromatic heterocycles. The highest BCUT2D eigenvalue weighted by atomic mass is 35.5. The molecule has 0 radical (unpaired) electrons. The van der Waals surface area contributed by atoms with Gasteiger partial charge in [-0.05, 0) is 24.4 Å². The minimum absolute atomic E-state index is 0.693. The Bertz CT molecular complexity index is 242. The Kier molecular flexibility index (Phi) is 3.63. The van der Waals surface area contributed by atoms with Crippen molar-refractivity contribution in [3.63, 3.8) is 0 Å². The summed E-state index contributed by atoms with van der Waals surface area (Å²) in [5.74, 6) is 0. The zero-order valence-electron chi connectivity index (χ0n) is 6.09. The van der Waals surface area contributed by atoms with E-state index in [0.717, 1.165) is 16.3 Å². The molecule has 0 aliphatic heterocycles. The van der Waals surface area contributed by atoms with Crippen LogP contribution in [-0.4, -0.2) is 6.54 Å². The summed E-state index contributed by atoms with van der Waals surface area (Å²) in [6, 6.07) is 2.00. The average Bonchev–Trinajstić information content (AvgIpc) is 2.37. The summed E-state index contributed by atoms with van der Waals surface area (Å²) in [6.45, 7) is 0.693. The van der Waals surface area contributed by atoms with Gasteiger partial charge in [-0.1, -0.05) is 23.8 Å². The minimum atomic E-state index is 0.693. The van der Waals surface area contributed by atoms with Crippen molar-refractivity contribution >= 4 is 29.0 Å². The molecule has 0 fully saturated rings. The molecule has 0 spiro atoms. The van der Waals surface area contributed by atoms with E-state index in [0.29, 0.717) is 6.54 Å². The van der Waals surface area contributed by atoms with Gasteiger partial charge < -0.3 is 5.73 Å².